The summed E-state index contributed by atoms with van der Waals surface area (Å²) in [6.07, 6.45) is 5.99. The quantitative estimate of drug-likeness (QED) is 0.445. The summed E-state index contributed by atoms with van der Waals surface area (Å²) in [6.45, 7) is 5.49. The first-order valence-corrected chi connectivity index (χ1v) is 11.7. The van der Waals surface area contributed by atoms with E-state index in [4.69, 9.17) is 10.6 Å². The Balaban J connectivity index is 1.49. The first kappa shape index (κ1) is 21.2. The maximum Gasteiger partial charge on any atom is 0.256 e. The van der Waals surface area contributed by atoms with Crippen LogP contribution < -0.4 is 11.2 Å². The van der Waals surface area contributed by atoms with Gasteiger partial charge in [-0.25, -0.2) is 5.48 Å². The Labute approximate surface area is 183 Å². The largest absolute Gasteiger partial charge is 0.390 e. The second-order valence-corrected chi connectivity index (χ2v) is 12.1. The zero-order valence-corrected chi connectivity index (χ0v) is 18.7. The molecule has 8 nitrogen and oxygen atoms in total. The highest BCUT2D eigenvalue weighted by Gasteiger charge is 2.65. The van der Waals surface area contributed by atoms with Crippen LogP contribution in [0.15, 0.2) is 0 Å². The Hall–Kier alpha value is -1.67. The number of carbonyl (C=O) groups excluding carboxylic acids is 3. The summed E-state index contributed by atoms with van der Waals surface area (Å²) in [5, 5.41) is 11.2. The molecule has 8 heteroatoms. The van der Waals surface area contributed by atoms with Gasteiger partial charge in [-0.05, 0) is 95.3 Å². The molecular weight excluding hydrogens is 398 g/mol. The van der Waals surface area contributed by atoms with E-state index in [0.29, 0.717) is 30.6 Å². The van der Waals surface area contributed by atoms with Gasteiger partial charge in [0, 0.05) is 6.04 Å². The van der Waals surface area contributed by atoms with E-state index in [2.05, 4.69) is 5.48 Å². The number of fused-ring (bicyclic) bond motifs is 1. The Morgan fingerprint density at radius 1 is 1.10 bits per heavy atom. The lowest BCUT2D eigenvalue weighted by Gasteiger charge is -2.62. The van der Waals surface area contributed by atoms with E-state index in [0.717, 1.165) is 38.5 Å². The molecule has 6 rings (SSSR count). The average Bonchev–Trinajstić information content (AvgIpc) is 3.26. The molecule has 5 aliphatic carbocycles. The second-order valence-electron chi connectivity index (χ2n) is 12.1. The van der Waals surface area contributed by atoms with Crippen molar-refractivity contribution in [3.05, 3.63) is 0 Å². The number of rotatable bonds is 5. The van der Waals surface area contributed by atoms with Gasteiger partial charge < -0.3 is 15.7 Å². The number of nitrogens with one attached hydrogen (secondary N) is 1. The van der Waals surface area contributed by atoms with Gasteiger partial charge in [-0.2, -0.15) is 0 Å². The number of hydrogen-bond donors (Lipinski definition) is 3. The van der Waals surface area contributed by atoms with E-state index in [1.807, 2.05) is 20.8 Å². The molecule has 0 aromatic carbocycles. The Kier molecular flexibility index (Phi) is 4.56. The van der Waals surface area contributed by atoms with Crippen molar-refractivity contribution < 1.29 is 24.3 Å². The number of nitrogens with two attached hydrogens (primary N) is 1. The normalized spacial score (nSPS) is 43.5. The van der Waals surface area contributed by atoms with Crippen LogP contribution in [0.1, 0.15) is 72.1 Å². The summed E-state index contributed by atoms with van der Waals surface area (Å²) in [4.78, 5) is 46.8. The van der Waals surface area contributed by atoms with E-state index >= 15 is 0 Å². The van der Waals surface area contributed by atoms with Crippen molar-refractivity contribution in [1.29, 1.82) is 0 Å². The van der Waals surface area contributed by atoms with Crippen LogP contribution >= 0.6 is 0 Å². The van der Waals surface area contributed by atoms with Gasteiger partial charge in [0.05, 0.1) is 11.2 Å². The Bertz CT molecular complexity index is 807. The van der Waals surface area contributed by atoms with Crippen LogP contribution in [-0.4, -0.2) is 51.0 Å². The third-order valence-corrected chi connectivity index (χ3v) is 8.34. The second kappa shape index (κ2) is 6.67. The van der Waals surface area contributed by atoms with Crippen molar-refractivity contribution in [3.8, 4) is 0 Å². The molecule has 0 radical (unpaired) electrons. The van der Waals surface area contributed by atoms with Gasteiger partial charge in [-0.3, -0.25) is 19.2 Å². The smallest absolute Gasteiger partial charge is 0.256 e. The maximum absolute atomic E-state index is 14.0. The fraction of sp³-hybridized carbons (Fsp3) is 0.870. The third-order valence-electron chi connectivity index (χ3n) is 8.34. The van der Waals surface area contributed by atoms with Crippen molar-refractivity contribution in [2.45, 2.75) is 95.4 Å². The summed E-state index contributed by atoms with van der Waals surface area (Å²) >= 11 is 0. The van der Waals surface area contributed by atoms with Gasteiger partial charge in [0.1, 0.15) is 12.0 Å². The zero-order valence-electron chi connectivity index (χ0n) is 18.7. The lowest BCUT2D eigenvalue weighted by Crippen LogP contribution is -2.63. The van der Waals surface area contributed by atoms with E-state index in [1.165, 1.54) is 0 Å². The molecule has 4 bridgehead atoms. The number of amides is 3. The first-order valence-electron chi connectivity index (χ1n) is 11.7. The van der Waals surface area contributed by atoms with E-state index in [9.17, 15) is 19.5 Å². The molecule has 4 N–H and O–H groups in total. The molecule has 2 unspecified atom stereocenters. The predicted octanol–water partition coefficient (Wildman–Crippen LogP) is 1.25. The number of nitrogens with zero attached hydrogens (tertiary/aromatic N) is 1. The minimum atomic E-state index is -0.978. The SMILES string of the molecule is CC(C)(C)ONC(=O)[C@H](C(=O)N1[C@H](C(N)=O)C[C@@H]2C[C@@H]21)C12CC3CC(CC(O)(C3)C1)C2. The number of carbonyl (C=O) groups is 3. The molecule has 3 amide bonds. The van der Waals surface area contributed by atoms with Crippen LogP contribution in [0.25, 0.3) is 0 Å². The number of likely N-dealkylation sites (tertiary alicyclic amines) is 1. The van der Waals surface area contributed by atoms with E-state index in [1.54, 1.807) is 4.90 Å². The van der Waals surface area contributed by atoms with Crippen molar-refractivity contribution in [1.82, 2.24) is 10.4 Å². The van der Waals surface area contributed by atoms with Crippen LogP contribution in [0.4, 0.5) is 0 Å². The molecule has 31 heavy (non-hydrogen) atoms. The lowest BCUT2D eigenvalue weighted by atomic mass is 9.44. The fourth-order valence-corrected chi connectivity index (χ4v) is 7.71. The molecule has 5 saturated carbocycles. The molecular formula is C23H35N3O5. The van der Waals surface area contributed by atoms with Gasteiger partial charge in [0.2, 0.25) is 11.8 Å². The standard InChI is InChI=1S/C23H35N3O5/c1-21(2,3)31-25-19(28)17(20(29)26-15-5-14(15)6-16(26)18(24)27)22-7-12-4-13(8-22)10-23(30,9-12)11-22/h12-17,30H,4-11H2,1-3H3,(H2,24,27)(H,25,28)/t12?,13?,14-,15-,16-,17+,22?,23?/m0/s1. The zero-order chi connectivity index (χ0) is 22.3. The average molecular weight is 434 g/mol. The van der Waals surface area contributed by atoms with Gasteiger partial charge in [-0.15, -0.1) is 0 Å². The van der Waals surface area contributed by atoms with Crippen LogP contribution in [-0.2, 0) is 19.2 Å². The van der Waals surface area contributed by atoms with Crippen molar-refractivity contribution in [2.75, 3.05) is 0 Å². The molecule has 1 saturated heterocycles. The van der Waals surface area contributed by atoms with Crippen LogP contribution in [0.3, 0.4) is 0 Å². The number of primary amides is 1. The topological polar surface area (TPSA) is 122 Å². The van der Waals surface area contributed by atoms with Crippen LogP contribution in [0.2, 0.25) is 0 Å². The summed E-state index contributed by atoms with van der Waals surface area (Å²) in [6, 6.07) is -0.645. The molecule has 0 aromatic heterocycles. The first-order chi connectivity index (χ1) is 14.4. The third kappa shape index (κ3) is 3.55. The maximum atomic E-state index is 14.0. The monoisotopic (exact) mass is 433 g/mol. The summed E-state index contributed by atoms with van der Waals surface area (Å²) < 4.78 is 0. The van der Waals surface area contributed by atoms with E-state index in [-0.39, 0.29) is 11.9 Å². The molecule has 1 heterocycles. The summed E-state index contributed by atoms with van der Waals surface area (Å²) in [5.41, 5.74) is 6.18. The highest BCUT2D eigenvalue weighted by atomic mass is 16.7. The Morgan fingerprint density at radius 3 is 2.29 bits per heavy atom. The van der Waals surface area contributed by atoms with Crippen molar-refractivity contribution >= 4 is 17.7 Å². The molecule has 0 spiro atoms. The number of hydrogen-bond acceptors (Lipinski definition) is 5. The number of hydroxylamine groups is 1. The van der Waals surface area contributed by atoms with Crippen LogP contribution in [0.5, 0.6) is 0 Å². The molecule has 6 aliphatic rings. The minimum absolute atomic E-state index is 0.000772. The number of piperidine rings is 1. The fourth-order valence-electron chi connectivity index (χ4n) is 7.71. The highest BCUT2D eigenvalue weighted by Crippen LogP contribution is 2.65. The van der Waals surface area contributed by atoms with Crippen molar-refractivity contribution in [2.24, 2.45) is 34.8 Å². The van der Waals surface area contributed by atoms with Gasteiger partial charge in [0.15, 0.2) is 0 Å². The molecule has 6 fully saturated rings. The number of aliphatic hydroxyl groups is 1. The molecule has 0 aromatic rings. The van der Waals surface area contributed by atoms with Crippen LogP contribution in [0, 0.1) is 29.1 Å². The van der Waals surface area contributed by atoms with Gasteiger partial charge >= 0.3 is 0 Å². The predicted molar refractivity (Wildman–Crippen MR) is 111 cm³/mol. The highest BCUT2D eigenvalue weighted by molar-refractivity contribution is 6.03. The summed E-state index contributed by atoms with van der Waals surface area (Å²) in [7, 11) is 0. The molecule has 172 valence electrons. The molecule has 6 atom stereocenters. The molecule has 1 aliphatic heterocycles. The summed E-state index contributed by atoms with van der Waals surface area (Å²) in [5.74, 6) is -1.29. The van der Waals surface area contributed by atoms with Crippen molar-refractivity contribution in [3.63, 3.8) is 0 Å². The Morgan fingerprint density at radius 2 is 1.74 bits per heavy atom. The minimum Gasteiger partial charge on any atom is -0.390 e. The lowest BCUT2D eigenvalue weighted by molar-refractivity contribution is -0.196. The van der Waals surface area contributed by atoms with E-state index < -0.39 is 40.4 Å². The van der Waals surface area contributed by atoms with Gasteiger partial charge in [0.25, 0.3) is 5.91 Å². The van der Waals surface area contributed by atoms with Gasteiger partial charge in [-0.1, -0.05) is 0 Å².